The van der Waals surface area contributed by atoms with Gasteiger partial charge in [0.1, 0.15) is 0 Å². The molecule has 8 nitrogen and oxygen atoms in total. The van der Waals surface area contributed by atoms with Crippen LogP contribution in [0.4, 0.5) is 5.82 Å². The second-order valence-corrected chi connectivity index (χ2v) is 7.57. The van der Waals surface area contributed by atoms with Crippen molar-refractivity contribution in [1.29, 1.82) is 0 Å². The Morgan fingerprint density at radius 1 is 0.862 bits per heavy atom. The zero-order chi connectivity index (χ0) is 21.1. The van der Waals surface area contributed by atoms with Crippen molar-refractivity contribution >= 4 is 40.6 Å². The predicted molar refractivity (Wildman–Crippen MR) is 115 cm³/mol. The third-order valence-corrected chi connectivity index (χ3v) is 4.50. The lowest BCUT2D eigenvalue weighted by Crippen LogP contribution is -2.41. The Balaban J connectivity index is 0.000000170. The van der Waals surface area contributed by atoms with E-state index in [4.69, 9.17) is 44.3 Å². The van der Waals surface area contributed by atoms with E-state index in [2.05, 4.69) is 44.5 Å². The Bertz CT molecular complexity index is 681. The van der Waals surface area contributed by atoms with Gasteiger partial charge in [-0.25, -0.2) is 0 Å². The Hall–Kier alpha value is -1.29. The highest BCUT2D eigenvalue weighted by Crippen LogP contribution is 2.15. The first-order valence-electron chi connectivity index (χ1n) is 9.27. The summed E-state index contributed by atoms with van der Waals surface area (Å²) in [7, 11) is 0. The summed E-state index contributed by atoms with van der Waals surface area (Å²) in [5.74, 6) is 0.865. The second kappa shape index (κ2) is 13.1. The lowest BCUT2D eigenvalue weighted by Gasteiger charge is -2.31. The number of anilines is 1. The minimum Gasteiger partial charge on any atom is -0.376 e. The molecule has 2 atom stereocenters. The monoisotopic (exact) mass is 462 g/mol. The number of nitrogens with one attached hydrogen (secondary N) is 1. The van der Waals surface area contributed by atoms with Gasteiger partial charge in [0, 0.05) is 26.2 Å². The van der Waals surface area contributed by atoms with Gasteiger partial charge in [0.25, 0.3) is 0 Å². The van der Waals surface area contributed by atoms with Gasteiger partial charge in [-0.3, -0.25) is 0 Å². The fraction of sp³-hybridized carbons (Fsp3) is 0.556. The number of halogens is 3. The number of hydrogen-bond donors (Lipinski definition) is 1. The highest BCUT2D eigenvalue weighted by atomic mass is 35.5. The highest BCUT2D eigenvalue weighted by molar-refractivity contribution is 6.31. The number of hydrogen-bond acceptors (Lipinski definition) is 8. The minimum absolute atomic E-state index is 0.251. The van der Waals surface area contributed by atoms with Crippen LogP contribution in [0.25, 0.3) is 0 Å². The van der Waals surface area contributed by atoms with Gasteiger partial charge >= 0.3 is 0 Å². The fourth-order valence-corrected chi connectivity index (χ4v) is 2.80. The molecule has 0 bridgehead atoms. The molecule has 29 heavy (non-hydrogen) atoms. The minimum atomic E-state index is 0.251. The Kier molecular flexibility index (Phi) is 10.8. The summed E-state index contributed by atoms with van der Waals surface area (Å²) in [6.07, 6.45) is 0.676. The summed E-state index contributed by atoms with van der Waals surface area (Å²) in [5, 5.41) is 19.1. The Labute approximate surface area is 185 Å². The van der Waals surface area contributed by atoms with E-state index in [0.29, 0.717) is 21.6 Å². The molecule has 4 rings (SSSR count). The molecule has 4 heterocycles. The van der Waals surface area contributed by atoms with Crippen LogP contribution < -0.4 is 10.2 Å². The quantitative estimate of drug-likeness (QED) is 0.690. The molecule has 2 aliphatic heterocycles. The van der Waals surface area contributed by atoms with E-state index in [0.717, 1.165) is 45.2 Å². The van der Waals surface area contributed by atoms with Crippen molar-refractivity contribution in [2.24, 2.45) is 0 Å². The average Bonchev–Trinajstić information content (AvgIpc) is 2.72. The summed E-state index contributed by atoms with van der Waals surface area (Å²) in [4.78, 5) is 2.15. The van der Waals surface area contributed by atoms with Gasteiger partial charge in [-0.1, -0.05) is 34.8 Å². The zero-order valence-corrected chi connectivity index (χ0v) is 18.7. The lowest BCUT2D eigenvalue weighted by molar-refractivity contribution is 0.0410. The number of ether oxygens (including phenoxy) is 2. The molecule has 0 spiro atoms. The molecule has 0 unspecified atom stereocenters. The maximum Gasteiger partial charge on any atom is 0.151 e. The molecule has 11 heteroatoms. The smallest absolute Gasteiger partial charge is 0.151 e. The molecule has 2 fully saturated rings. The van der Waals surface area contributed by atoms with Crippen LogP contribution in [0.1, 0.15) is 13.8 Å². The standard InChI is InChI=1S/C9H12ClN3O.C5H11NO.C4H2Cl2N2/c1-7-6-13(4-5-14-7)9-3-2-8(10)11-12-9;1-5-4-6-2-3-7-5;5-3-1-2-4(6)8-7-3/h2-3,7H,4-6H2,1H3;5-6H,2-4H2,1H3;1-2H/t7-;5-;/m11./s1. The molecular weight excluding hydrogens is 439 g/mol. The van der Waals surface area contributed by atoms with Crippen LogP contribution in [0.15, 0.2) is 24.3 Å². The first-order chi connectivity index (χ1) is 13.9. The van der Waals surface area contributed by atoms with Gasteiger partial charge < -0.3 is 19.7 Å². The van der Waals surface area contributed by atoms with Gasteiger partial charge in [-0.2, -0.15) is 0 Å². The first kappa shape index (κ1) is 24.0. The zero-order valence-electron chi connectivity index (χ0n) is 16.4. The lowest BCUT2D eigenvalue weighted by atomic mass is 10.3. The van der Waals surface area contributed by atoms with E-state index >= 15 is 0 Å². The molecule has 0 aromatic carbocycles. The maximum atomic E-state index is 5.66. The van der Waals surface area contributed by atoms with Gasteiger partial charge in [-0.05, 0) is 38.1 Å². The van der Waals surface area contributed by atoms with Crippen LogP contribution in [0, 0.1) is 0 Å². The van der Waals surface area contributed by atoms with Crippen molar-refractivity contribution in [3.05, 3.63) is 39.7 Å². The number of aromatic nitrogens is 4. The molecule has 0 amide bonds. The van der Waals surface area contributed by atoms with Crippen molar-refractivity contribution in [3.63, 3.8) is 0 Å². The molecule has 2 saturated heterocycles. The van der Waals surface area contributed by atoms with Crippen LogP contribution in [-0.2, 0) is 9.47 Å². The predicted octanol–water partition coefficient (Wildman–Crippen LogP) is 3.13. The van der Waals surface area contributed by atoms with Crippen LogP contribution >= 0.6 is 34.8 Å². The number of morpholine rings is 2. The van der Waals surface area contributed by atoms with E-state index in [-0.39, 0.29) is 6.10 Å². The average molecular weight is 464 g/mol. The third-order valence-electron chi connectivity index (χ3n) is 3.90. The van der Waals surface area contributed by atoms with Crippen LogP contribution in [0.3, 0.4) is 0 Å². The van der Waals surface area contributed by atoms with E-state index in [1.165, 1.54) is 0 Å². The molecule has 0 radical (unpaired) electrons. The van der Waals surface area contributed by atoms with E-state index < -0.39 is 0 Å². The van der Waals surface area contributed by atoms with Crippen LogP contribution in [0.5, 0.6) is 0 Å². The largest absolute Gasteiger partial charge is 0.376 e. The second-order valence-electron chi connectivity index (χ2n) is 6.41. The molecule has 1 N–H and O–H groups in total. The molecule has 2 aromatic rings. The van der Waals surface area contributed by atoms with Crippen molar-refractivity contribution < 1.29 is 9.47 Å². The summed E-state index contributed by atoms with van der Waals surface area (Å²) in [6, 6.07) is 6.80. The van der Waals surface area contributed by atoms with E-state index in [1.807, 2.05) is 6.07 Å². The maximum absolute atomic E-state index is 5.66. The molecule has 2 aliphatic rings. The third kappa shape index (κ3) is 9.84. The van der Waals surface area contributed by atoms with E-state index in [1.54, 1.807) is 18.2 Å². The van der Waals surface area contributed by atoms with Crippen molar-refractivity contribution in [1.82, 2.24) is 25.7 Å². The molecular formula is C18H25Cl3N6O2. The van der Waals surface area contributed by atoms with Crippen LogP contribution in [0.2, 0.25) is 15.5 Å². The van der Waals surface area contributed by atoms with Crippen molar-refractivity contribution in [2.45, 2.75) is 26.1 Å². The van der Waals surface area contributed by atoms with Gasteiger partial charge in [0.05, 0.1) is 25.4 Å². The SMILES string of the molecule is C[C@@H]1CN(c2ccc(Cl)nn2)CCO1.C[C@@H]1CNCCO1.Clc1ccc(Cl)nn1. The Morgan fingerprint density at radius 2 is 1.45 bits per heavy atom. The van der Waals surface area contributed by atoms with Gasteiger partial charge in [0.15, 0.2) is 21.3 Å². The summed E-state index contributed by atoms with van der Waals surface area (Å²) < 4.78 is 10.7. The highest BCUT2D eigenvalue weighted by Gasteiger charge is 2.17. The molecule has 0 saturated carbocycles. The van der Waals surface area contributed by atoms with E-state index in [9.17, 15) is 0 Å². The number of nitrogens with zero attached hydrogens (tertiary/aromatic N) is 5. The number of rotatable bonds is 1. The van der Waals surface area contributed by atoms with Crippen molar-refractivity contribution in [2.75, 3.05) is 44.3 Å². The summed E-state index contributed by atoms with van der Waals surface area (Å²) in [6.45, 7) is 9.50. The molecule has 2 aromatic heterocycles. The van der Waals surface area contributed by atoms with Crippen molar-refractivity contribution in [3.8, 4) is 0 Å². The summed E-state index contributed by atoms with van der Waals surface area (Å²) >= 11 is 16.4. The first-order valence-corrected chi connectivity index (χ1v) is 10.4. The molecule has 160 valence electrons. The summed E-state index contributed by atoms with van der Waals surface area (Å²) in [5.41, 5.74) is 0. The topological polar surface area (TPSA) is 85.3 Å². The van der Waals surface area contributed by atoms with Gasteiger partial charge in [0.2, 0.25) is 0 Å². The fourth-order valence-electron chi connectivity index (χ4n) is 2.50. The Morgan fingerprint density at radius 3 is 1.86 bits per heavy atom. The normalized spacial score (nSPS) is 21.3. The molecule has 0 aliphatic carbocycles. The van der Waals surface area contributed by atoms with Crippen LogP contribution in [-0.4, -0.2) is 72.0 Å². The van der Waals surface area contributed by atoms with Gasteiger partial charge in [-0.15, -0.1) is 20.4 Å².